The average molecular weight is 266 g/mol. The highest BCUT2D eigenvalue weighted by atomic mass is 32.2. The van der Waals surface area contributed by atoms with Crippen LogP contribution in [0, 0.1) is 0 Å². The molecule has 0 bridgehead atoms. The Morgan fingerprint density at radius 1 is 1.31 bits per heavy atom. The zero-order valence-electron chi connectivity index (χ0n) is 8.32. The molecule has 0 saturated carbocycles. The van der Waals surface area contributed by atoms with Gasteiger partial charge < -0.3 is 0 Å². The number of primary sulfonamides is 1. The Morgan fingerprint density at radius 3 is 2.44 bits per heavy atom. The van der Waals surface area contributed by atoms with E-state index in [4.69, 9.17) is 5.14 Å². The zero-order chi connectivity index (χ0) is 12.4. The fraction of sp³-hybridized carbons (Fsp3) is 0.286. The Kier molecular flexibility index (Phi) is 3.63. The summed E-state index contributed by atoms with van der Waals surface area (Å²) in [7, 11) is -7.49. The van der Waals surface area contributed by atoms with Crippen LogP contribution in [0.5, 0.6) is 0 Å². The van der Waals surface area contributed by atoms with Gasteiger partial charge in [0, 0.05) is 0 Å². The normalized spacial score (nSPS) is 12.6. The SMILES string of the molecule is CS(=O)(=O)OCc1cccc(S(N)(=O)=O)n1. The van der Waals surface area contributed by atoms with Crippen LogP contribution in [0.15, 0.2) is 23.2 Å². The number of rotatable bonds is 4. The molecule has 9 heteroatoms. The molecule has 0 aliphatic carbocycles. The van der Waals surface area contributed by atoms with E-state index in [2.05, 4.69) is 9.17 Å². The maximum absolute atomic E-state index is 10.9. The molecule has 7 nitrogen and oxygen atoms in total. The van der Waals surface area contributed by atoms with Gasteiger partial charge in [-0.2, -0.15) is 8.42 Å². The van der Waals surface area contributed by atoms with Gasteiger partial charge in [0.05, 0.1) is 11.9 Å². The lowest BCUT2D eigenvalue weighted by atomic mass is 10.4. The van der Waals surface area contributed by atoms with Crippen LogP contribution < -0.4 is 5.14 Å². The number of nitrogens with zero attached hydrogens (tertiary/aromatic N) is 1. The number of nitrogens with two attached hydrogens (primary N) is 1. The Labute approximate surface area is 93.4 Å². The summed E-state index contributed by atoms with van der Waals surface area (Å²) in [5.74, 6) is 0. The molecule has 0 radical (unpaired) electrons. The molecule has 0 aromatic carbocycles. The quantitative estimate of drug-likeness (QED) is 0.713. The van der Waals surface area contributed by atoms with Crippen molar-refractivity contribution in [3.8, 4) is 0 Å². The van der Waals surface area contributed by atoms with Crippen molar-refractivity contribution in [3.05, 3.63) is 23.9 Å². The van der Waals surface area contributed by atoms with E-state index >= 15 is 0 Å². The van der Waals surface area contributed by atoms with Gasteiger partial charge >= 0.3 is 0 Å². The second-order valence-electron chi connectivity index (χ2n) is 2.98. The number of hydrogen-bond donors (Lipinski definition) is 1. The second kappa shape index (κ2) is 4.45. The zero-order valence-corrected chi connectivity index (χ0v) is 9.95. The highest BCUT2D eigenvalue weighted by molar-refractivity contribution is 7.89. The minimum absolute atomic E-state index is 0.164. The van der Waals surface area contributed by atoms with E-state index < -0.39 is 20.1 Å². The first kappa shape index (κ1) is 13.0. The fourth-order valence-electron chi connectivity index (χ4n) is 0.864. The molecular formula is C7H10N2O5S2. The van der Waals surface area contributed by atoms with Crippen LogP contribution >= 0.6 is 0 Å². The lowest BCUT2D eigenvalue weighted by molar-refractivity contribution is 0.306. The van der Waals surface area contributed by atoms with Crippen LogP contribution in [0.25, 0.3) is 0 Å². The topological polar surface area (TPSA) is 116 Å². The Balaban J connectivity index is 2.92. The molecule has 90 valence electrons. The van der Waals surface area contributed by atoms with Crippen molar-refractivity contribution < 1.29 is 21.0 Å². The summed E-state index contributed by atoms with van der Waals surface area (Å²) in [5.41, 5.74) is 0.164. The van der Waals surface area contributed by atoms with E-state index in [0.29, 0.717) is 0 Å². The minimum atomic E-state index is -3.90. The van der Waals surface area contributed by atoms with Gasteiger partial charge in [-0.15, -0.1) is 0 Å². The number of pyridine rings is 1. The van der Waals surface area contributed by atoms with Gasteiger partial charge in [-0.05, 0) is 12.1 Å². The van der Waals surface area contributed by atoms with Crippen molar-refractivity contribution in [3.63, 3.8) is 0 Å². The smallest absolute Gasteiger partial charge is 0.264 e. The van der Waals surface area contributed by atoms with E-state index in [1.54, 1.807) is 0 Å². The van der Waals surface area contributed by atoms with Crippen molar-refractivity contribution in [2.75, 3.05) is 6.26 Å². The van der Waals surface area contributed by atoms with E-state index in [-0.39, 0.29) is 17.3 Å². The highest BCUT2D eigenvalue weighted by Gasteiger charge is 2.11. The molecule has 0 fully saturated rings. The third-order valence-corrected chi connectivity index (χ3v) is 2.85. The number of aromatic nitrogens is 1. The summed E-state index contributed by atoms with van der Waals surface area (Å²) in [6.07, 6.45) is 0.885. The number of hydrogen-bond acceptors (Lipinski definition) is 6. The molecule has 0 atom stereocenters. The standard InChI is InChI=1S/C7H10N2O5S2/c1-15(10,11)14-5-6-3-2-4-7(9-6)16(8,12)13/h2-4H,5H2,1H3,(H2,8,12,13). The van der Waals surface area contributed by atoms with Crippen LogP contribution in [-0.4, -0.2) is 28.1 Å². The molecule has 0 unspecified atom stereocenters. The Bertz CT molecular complexity index is 579. The van der Waals surface area contributed by atoms with Gasteiger partial charge in [0.1, 0.15) is 6.61 Å². The largest absolute Gasteiger partial charge is 0.264 e. The highest BCUT2D eigenvalue weighted by Crippen LogP contribution is 2.06. The Hall–Kier alpha value is -1.03. The molecule has 0 amide bonds. The molecule has 16 heavy (non-hydrogen) atoms. The van der Waals surface area contributed by atoms with Crippen molar-refractivity contribution in [1.29, 1.82) is 0 Å². The summed E-state index contributed by atoms with van der Waals surface area (Å²) in [6.45, 7) is -0.331. The monoisotopic (exact) mass is 266 g/mol. The first-order valence-electron chi connectivity index (χ1n) is 4.01. The van der Waals surface area contributed by atoms with Gasteiger partial charge in [0.25, 0.3) is 20.1 Å². The van der Waals surface area contributed by atoms with E-state index in [1.807, 2.05) is 0 Å². The summed E-state index contributed by atoms with van der Waals surface area (Å²) >= 11 is 0. The average Bonchev–Trinajstić information content (AvgIpc) is 2.13. The van der Waals surface area contributed by atoms with Crippen LogP contribution in [0.4, 0.5) is 0 Å². The molecule has 1 rings (SSSR count). The summed E-state index contributed by atoms with van der Waals surface area (Å²) in [4.78, 5) is 3.64. The third kappa shape index (κ3) is 4.23. The van der Waals surface area contributed by atoms with Crippen LogP contribution in [0.2, 0.25) is 0 Å². The van der Waals surface area contributed by atoms with E-state index in [1.165, 1.54) is 18.2 Å². The molecule has 1 heterocycles. The molecule has 0 saturated heterocycles. The predicted molar refractivity (Wildman–Crippen MR) is 55.2 cm³/mol. The van der Waals surface area contributed by atoms with E-state index in [9.17, 15) is 16.8 Å². The summed E-state index contributed by atoms with van der Waals surface area (Å²) < 4.78 is 47.7. The van der Waals surface area contributed by atoms with Crippen LogP contribution in [0.3, 0.4) is 0 Å². The van der Waals surface area contributed by atoms with Crippen molar-refractivity contribution in [2.24, 2.45) is 5.14 Å². The minimum Gasteiger partial charge on any atom is -0.264 e. The predicted octanol–water partition coefficient (Wildman–Crippen LogP) is -0.795. The van der Waals surface area contributed by atoms with E-state index in [0.717, 1.165) is 6.26 Å². The van der Waals surface area contributed by atoms with Crippen LogP contribution in [0.1, 0.15) is 5.69 Å². The first-order chi connectivity index (χ1) is 7.18. The fourth-order valence-corrected chi connectivity index (χ4v) is 1.71. The summed E-state index contributed by atoms with van der Waals surface area (Å²) in [6, 6.07) is 4.03. The van der Waals surface area contributed by atoms with Crippen molar-refractivity contribution in [1.82, 2.24) is 4.98 Å². The van der Waals surface area contributed by atoms with Gasteiger partial charge in [-0.1, -0.05) is 6.07 Å². The van der Waals surface area contributed by atoms with Crippen molar-refractivity contribution >= 4 is 20.1 Å². The molecule has 0 aliphatic heterocycles. The van der Waals surface area contributed by atoms with Crippen molar-refractivity contribution in [2.45, 2.75) is 11.6 Å². The first-order valence-corrected chi connectivity index (χ1v) is 7.38. The van der Waals surface area contributed by atoms with Gasteiger partial charge in [0.15, 0.2) is 5.03 Å². The molecular weight excluding hydrogens is 256 g/mol. The maximum atomic E-state index is 10.9. The van der Waals surface area contributed by atoms with Gasteiger partial charge in [0.2, 0.25) is 0 Å². The second-order valence-corrected chi connectivity index (χ2v) is 6.13. The lowest BCUT2D eigenvalue weighted by Gasteiger charge is -2.02. The molecule has 0 aliphatic rings. The van der Waals surface area contributed by atoms with Gasteiger partial charge in [-0.25, -0.2) is 18.5 Å². The maximum Gasteiger partial charge on any atom is 0.264 e. The van der Waals surface area contributed by atoms with Crippen LogP contribution in [-0.2, 0) is 30.9 Å². The molecule has 1 aromatic heterocycles. The molecule has 1 aromatic rings. The molecule has 2 N–H and O–H groups in total. The third-order valence-electron chi connectivity index (χ3n) is 1.49. The molecule has 0 spiro atoms. The summed E-state index contributed by atoms with van der Waals surface area (Å²) in [5, 5.41) is 4.53. The number of sulfonamides is 1. The Morgan fingerprint density at radius 2 is 1.94 bits per heavy atom. The van der Waals surface area contributed by atoms with Gasteiger partial charge in [-0.3, -0.25) is 4.18 Å². The lowest BCUT2D eigenvalue weighted by Crippen LogP contribution is -2.15.